The zero-order valence-electron chi connectivity index (χ0n) is 22.3. The molecule has 3 aromatic carbocycles. The predicted octanol–water partition coefficient (Wildman–Crippen LogP) is -8.81. The van der Waals surface area contributed by atoms with Gasteiger partial charge in [0, 0.05) is 15.9 Å². The van der Waals surface area contributed by atoms with Crippen LogP contribution in [-0.4, -0.2) is 60.2 Å². The van der Waals surface area contributed by atoms with Crippen LogP contribution in [0.1, 0.15) is 0 Å². The Balaban J connectivity index is 0.00000507. The zero-order chi connectivity index (χ0) is 27.8. The molecule has 40 heavy (non-hydrogen) atoms. The molecule has 0 aliphatic rings. The molecule has 3 aromatic rings. The third-order valence-electron chi connectivity index (χ3n) is 5.04. The number of hydrogen-bond donors (Lipinski definition) is 0. The molecule has 0 spiro atoms. The second-order valence-electron chi connectivity index (χ2n) is 7.20. The average molecular weight is 659 g/mol. The average Bonchev–Trinajstić information content (AvgIpc) is 2.82. The van der Waals surface area contributed by atoms with E-state index in [9.17, 15) is 38.9 Å². The van der Waals surface area contributed by atoms with Gasteiger partial charge in [0.15, 0.2) is 0 Å². The minimum absolute atomic E-state index is 0. The van der Waals surface area contributed by atoms with Crippen molar-refractivity contribution < 1.29 is 142 Å². The van der Waals surface area contributed by atoms with Crippen LogP contribution in [0.3, 0.4) is 0 Å². The van der Waals surface area contributed by atoms with Crippen molar-refractivity contribution in [2.45, 2.75) is 14.7 Å². The fraction of sp³-hybridized carbons (Fsp3) is 0.143. The maximum Gasteiger partial charge on any atom is 1.00 e. The largest absolute Gasteiger partial charge is 1.00 e. The van der Waals surface area contributed by atoms with E-state index in [-0.39, 0.29) is 122 Å². The van der Waals surface area contributed by atoms with Crippen molar-refractivity contribution in [1.82, 2.24) is 0 Å². The molecule has 0 saturated heterocycles. The van der Waals surface area contributed by atoms with Crippen LogP contribution in [0.15, 0.2) is 69.3 Å². The summed E-state index contributed by atoms with van der Waals surface area (Å²) in [5.74, 6) is 0.0650. The van der Waals surface area contributed by atoms with Gasteiger partial charge in [-0.25, -0.2) is 25.3 Å². The van der Waals surface area contributed by atoms with Gasteiger partial charge in [0.1, 0.15) is 47.6 Å². The molecule has 0 radical (unpaired) electrons. The molecule has 0 aromatic heterocycles. The number of methoxy groups -OCH3 is 3. The Morgan fingerprint density at radius 1 is 0.500 bits per heavy atom. The summed E-state index contributed by atoms with van der Waals surface area (Å²) in [6.45, 7) is 0. The maximum atomic E-state index is 11.8. The van der Waals surface area contributed by atoms with Gasteiger partial charge in [-0.2, -0.15) is 0 Å². The monoisotopic (exact) mass is 658 g/mol. The number of hydrogen-bond acceptors (Lipinski definition) is 12. The molecular formula is C21H18Na3O12PS3. The first kappa shape index (κ1) is 40.2. The molecule has 0 saturated carbocycles. The Labute approximate surface area is 300 Å². The van der Waals surface area contributed by atoms with E-state index >= 15 is 0 Å². The smallest absolute Gasteiger partial charge is 0.744 e. The molecule has 0 aliphatic heterocycles. The van der Waals surface area contributed by atoms with E-state index in [0.29, 0.717) is 0 Å². The summed E-state index contributed by atoms with van der Waals surface area (Å²) in [5, 5.41) is -0.0224. The van der Waals surface area contributed by atoms with E-state index in [0.717, 1.165) is 36.4 Å². The molecule has 0 aliphatic carbocycles. The van der Waals surface area contributed by atoms with Crippen molar-refractivity contribution in [1.29, 1.82) is 0 Å². The quantitative estimate of drug-likeness (QED) is 0.120. The van der Waals surface area contributed by atoms with Crippen molar-refractivity contribution in [2.75, 3.05) is 21.3 Å². The normalized spacial score (nSPS) is 11.5. The Bertz CT molecular complexity index is 1480. The predicted molar refractivity (Wildman–Crippen MR) is 129 cm³/mol. The first-order valence-electron chi connectivity index (χ1n) is 9.83. The fourth-order valence-electron chi connectivity index (χ4n) is 3.39. The van der Waals surface area contributed by atoms with Crippen LogP contribution in [0.4, 0.5) is 0 Å². The van der Waals surface area contributed by atoms with E-state index in [2.05, 4.69) is 0 Å². The SMILES string of the molecule is COc1ccc(S(=O)(=O)[O-])cc1P(c1cc(S(=O)(=O)[O-])ccc1OC)c1cc(S(=O)(=O)[O-])ccc1OC.[Na+].[Na+].[Na+]. The number of ether oxygens (including phenoxy) is 3. The summed E-state index contributed by atoms with van der Waals surface area (Å²) in [4.78, 5) is -2.02. The molecule has 19 heteroatoms. The standard InChI is InChI=1S/C21H21O12PS3.3Na/c1-31-16-7-4-13(35(22,23)24)10-19(16)34(20-11-14(36(25,26)27)5-8-17(20)32-2)21-12-15(37(28,29)30)6-9-18(21)33-3;;;/h4-12H,1-3H3,(H,22,23,24)(H,25,26,27)(H,28,29,30);;;/q;3*+1/p-3. The van der Waals surface area contributed by atoms with E-state index < -0.39 is 53.0 Å². The van der Waals surface area contributed by atoms with Gasteiger partial charge in [0.2, 0.25) is 0 Å². The van der Waals surface area contributed by atoms with Crippen LogP contribution in [-0.2, 0) is 30.4 Å². The van der Waals surface area contributed by atoms with Crippen LogP contribution in [0.25, 0.3) is 0 Å². The minimum atomic E-state index is -4.99. The summed E-state index contributed by atoms with van der Waals surface area (Å²) < 4.78 is 122. The summed E-state index contributed by atoms with van der Waals surface area (Å²) in [6, 6.07) is 9.43. The van der Waals surface area contributed by atoms with Crippen molar-refractivity contribution in [3.63, 3.8) is 0 Å². The number of rotatable bonds is 9. The fourth-order valence-corrected chi connectivity index (χ4v) is 7.88. The Hall–Kier alpha value is 0.220. The van der Waals surface area contributed by atoms with Crippen LogP contribution >= 0.6 is 7.92 Å². The molecule has 0 amide bonds. The summed E-state index contributed by atoms with van der Waals surface area (Å²) in [7, 11) is -13.6. The Morgan fingerprint density at radius 2 is 0.725 bits per heavy atom. The van der Waals surface area contributed by atoms with E-state index in [1.54, 1.807) is 0 Å². The van der Waals surface area contributed by atoms with Gasteiger partial charge in [-0.3, -0.25) is 0 Å². The molecule has 12 nitrogen and oxygen atoms in total. The van der Waals surface area contributed by atoms with Gasteiger partial charge < -0.3 is 27.9 Å². The molecular weight excluding hydrogens is 640 g/mol. The molecule has 0 unspecified atom stereocenters. The third kappa shape index (κ3) is 9.36. The second kappa shape index (κ2) is 15.8. The summed E-state index contributed by atoms with van der Waals surface area (Å²) in [6.07, 6.45) is 0. The second-order valence-corrected chi connectivity index (χ2v) is 13.5. The van der Waals surface area contributed by atoms with Gasteiger partial charge >= 0.3 is 88.7 Å². The first-order chi connectivity index (χ1) is 17.1. The third-order valence-corrected chi connectivity index (χ3v) is 10.0. The summed E-state index contributed by atoms with van der Waals surface area (Å²) in [5.41, 5.74) is 0. The van der Waals surface area contributed by atoms with Gasteiger partial charge in [0.05, 0.1) is 36.0 Å². The van der Waals surface area contributed by atoms with E-state index in [1.807, 2.05) is 0 Å². The minimum Gasteiger partial charge on any atom is -0.744 e. The van der Waals surface area contributed by atoms with Crippen molar-refractivity contribution >= 4 is 54.2 Å². The van der Waals surface area contributed by atoms with Crippen LogP contribution in [0, 0.1) is 0 Å². The Morgan fingerprint density at radius 3 is 0.900 bits per heavy atom. The molecule has 0 N–H and O–H groups in total. The van der Waals surface area contributed by atoms with Crippen LogP contribution in [0.2, 0.25) is 0 Å². The van der Waals surface area contributed by atoms with Crippen LogP contribution < -0.4 is 119 Å². The molecule has 200 valence electrons. The van der Waals surface area contributed by atoms with Gasteiger partial charge in [-0.15, -0.1) is 0 Å². The molecule has 0 bridgehead atoms. The summed E-state index contributed by atoms with van der Waals surface area (Å²) >= 11 is 0. The molecule has 0 atom stereocenters. The number of benzene rings is 3. The molecule has 0 heterocycles. The van der Waals surface area contributed by atoms with Gasteiger partial charge in [-0.1, -0.05) is 0 Å². The topological polar surface area (TPSA) is 199 Å². The maximum absolute atomic E-state index is 11.8. The van der Waals surface area contributed by atoms with E-state index in [1.165, 1.54) is 39.5 Å². The van der Waals surface area contributed by atoms with Crippen molar-refractivity contribution in [2.24, 2.45) is 0 Å². The van der Waals surface area contributed by atoms with E-state index in [4.69, 9.17) is 14.2 Å². The molecule has 0 fully saturated rings. The first-order valence-corrected chi connectivity index (χ1v) is 15.4. The Kier molecular flexibility index (Phi) is 15.9. The van der Waals surface area contributed by atoms with Crippen LogP contribution in [0.5, 0.6) is 17.2 Å². The van der Waals surface area contributed by atoms with Gasteiger partial charge in [-0.05, 0) is 62.5 Å². The van der Waals surface area contributed by atoms with Gasteiger partial charge in [0.25, 0.3) is 0 Å². The van der Waals surface area contributed by atoms with Crippen molar-refractivity contribution in [3.05, 3.63) is 54.6 Å². The zero-order valence-corrected chi connectivity index (χ0v) is 31.6. The van der Waals surface area contributed by atoms with Crippen molar-refractivity contribution in [3.8, 4) is 17.2 Å². The molecule has 3 rings (SSSR count).